The Kier molecular flexibility index (Phi) is 1.87. The predicted octanol–water partition coefficient (Wildman–Crippen LogP) is 1.92. The average molecular weight is 173 g/mol. The molecule has 0 spiro atoms. The Morgan fingerprint density at radius 3 is 3.00 bits per heavy atom. The number of hydrogen-bond donors (Lipinski definition) is 1. The molecule has 1 nitrogen and oxygen atoms in total. The van der Waals surface area contributed by atoms with Crippen molar-refractivity contribution in [3.05, 3.63) is 0 Å². The molecule has 0 amide bonds. The Balaban J connectivity index is 2.04. The van der Waals surface area contributed by atoms with Gasteiger partial charge in [0.2, 0.25) is 0 Å². The smallest absolute Gasteiger partial charge is 0.134 e. The molecule has 2 aliphatic rings. The van der Waals surface area contributed by atoms with E-state index in [1.807, 2.05) is 11.8 Å². The summed E-state index contributed by atoms with van der Waals surface area (Å²) in [5.41, 5.74) is 0. The van der Waals surface area contributed by atoms with Crippen molar-refractivity contribution in [3.63, 3.8) is 0 Å². The van der Waals surface area contributed by atoms with Gasteiger partial charge in [-0.2, -0.15) is 0 Å². The van der Waals surface area contributed by atoms with Crippen LogP contribution >= 0.6 is 24.0 Å². The van der Waals surface area contributed by atoms with Crippen LogP contribution in [0.15, 0.2) is 0 Å². The molecule has 56 valence electrons. The highest BCUT2D eigenvalue weighted by atomic mass is 32.2. The SMILES string of the molecule is S=C1N[C@H]2CCCC[C@H]2S1. The Bertz CT molecular complexity index is 142. The number of fused-ring (bicyclic) bond motifs is 1. The van der Waals surface area contributed by atoms with E-state index < -0.39 is 0 Å². The van der Waals surface area contributed by atoms with Crippen molar-refractivity contribution >= 4 is 28.3 Å². The van der Waals surface area contributed by atoms with E-state index in [9.17, 15) is 0 Å². The van der Waals surface area contributed by atoms with Crippen molar-refractivity contribution < 1.29 is 0 Å². The van der Waals surface area contributed by atoms with Crippen molar-refractivity contribution in [2.45, 2.75) is 37.0 Å². The van der Waals surface area contributed by atoms with Gasteiger partial charge in [0.05, 0.1) is 0 Å². The van der Waals surface area contributed by atoms with Gasteiger partial charge in [-0.1, -0.05) is 36.8 Å². The molecule has 0 aromatic carbocycles. The summed E-state index contributed by atoms with van der Waals surface area (Å²) < 4.78 is 1.02. The second-order valence-corrected chi connectivity index (χ2v) is 4.90. The molecule has 1 saturated carbocycles. The van der Waals surface area contributed by atoms with Gasteiger partial charge in [0, 0.05) is 11.3 Å². The second kappa shape index (κ2) is 2.70. The molecule has 1 saturated heterocycles. The van der Waals surface area contributed by atoms with E-state index in [-0.39, 0.29) is 0 Å². The van der Waals surface area contributed by atoms with Gasteiger partial charge in [0.25, 0.3) is 0 Å². The molecular formula is C7H11NS2. The number of rotatable bonds is 0. The lowest BCUT2D eigenvalue weighted by Gasteiger charge is -2.22. The van der Waals surface area contributed by atoms with Crippen molar-refractivity contribution in [1.29, 1.82) is 0 Å². The number of nitrogens with one attached hydrogen (secondary N) is 1. The van der Waals surface area contributed by atoms with Crippen LogP contribution in [0.5, 0.6) is 0 Å². The fraction of sp³-hybridized carbons (Fsp3) is 0.857. The molecule has 0 unspecified atom stereocenters. The zero-order valence-corrected chi connectivity index (χ0v) is 7.43. The van der Waals surface area contributed by atoms with Crippen LogP contribution in [0.25, 0.3) is 0 Å². The van der Waals surface area contributed by atoms with E-state index in [2.05, 4.69) is 5.32 Å². The highest BCUT2D eigenvalue weighted by Crippen LogP contribution is 2.34. The van der Waals surface area contributed by atoms with E-state index in [0.29, 0.717) is 6.04 Å². The minimum absolute atomic E-state index is 0.714. The van der Waals surface area contributed by atoms with Crippen LogP contribution in [0, 0.1) is 0 Å². The third kappa shape index (κ3) is 1.17. The van der Waals surface area contributed by atoms with Gasteiger partial charge in [-0.15, -0.1) is 0 Å². The first kappa shape index (κ1) is 6.92. The minimum Gasteiger partial charge on any atom is -0.367 e. The molecule has 0 aromatic heterocycles. The summed E-state index contributed by atoms with van der Waals surface area (Å²) in [5, 5.41) is 4.16. The lowest BCUT2D eigenvalue weighted by Crippen LogP contribution is -2.33. The summed E-state index contributed by atoms with van der Waals surface area (Å²) >= 11 is 6.96. The molecule has 1 heterocycles. The predicted molar refractivity (Wildman–Crippen MR) is 49.4 cm³/mol. The van der Waals surface area contributed by atoms with Crippen molar-refractivity contribution in [2.75, 3.05) is 0 Å². The Morgan fingerprint density at radius 2 is 2.20 bits per heavy atom. The Labute approximate surface area is 70.9 Å². The lowest BCUT2D eigenvalue weighted by atomic mass is 9.95. The van der Waals surface area contributed by atoms with Crippen LogP contribution in [0.1, 0.15) is 25.7 Å². The normalized spacial score (nSPS) is 39.0. The van der Waals surface area contributed by atoms with E-state index in [4.69, 9.17) is 12.2 Å². The van der Waals surface area contributed by atoms with Crippen LogP contribution in [-0.2, 0) is 0 Å². The lowest BCUT2D eigenvalue weighted by molar-refractivity contribution is 0.436. The summed E-state index contributed by atoms with van der Waals surface area (Å²) in [6, 6.07) is 0.714. The molecular weight excluding hydrogens is 162 g/mol. The number of hydrogen-bond acceptors (Lipinski definition) is 2. The fourth-order valence-electron chi connectivity index (χ4n) is 1.73. The van der Waals surface area contributed by atoms with Crippen LogP contribution in [0.4, 0.5) is 0 Å². The summed E-state index contributed by atoms with van der Waals surface area (Å²) in [7, 11) is 0. The number of thioether (sulfide) groups is 1. The first-order chi connectivity index (χ1) is 4.86. The first-order valence-corrected chi connectivity index (χ1v) is 5.12. The monoisotopic (exact) mass is 173 g/mol. The molecule has 3 heteroatoms. The maximum atomic E-state index is 5.09. The maximum absolute atomic E-state index is 5.09. The molecule has 10 heavy (non-hydrogen) atoms. The maximum Gasteiger partial charge on any atom is 0.134 e. The van der Waals surface area contributed by atoms with Crippen molar-refractivity contribution in [3.8, 4) is 0 Å². The highest BCUT2D eigenvalue weighted by Gasteiger charge is 2.32. The van der Waals surface area contributed by atoms with Gasteiger partial charge in [-0.25, -0.2) is 0 Å². The molecule has 0 bridgehead atoms. The van der Waals surface area contributed by atoms with Crippen molar-refractivity contribution in [1.82, 2.24) is 5.32 Å². The summed E-state index contributed by atoms with van der Waals surface area (Å²) in [5.74, 6) is 0. The summed E-state index contributed by atoms with van der Waals surface area (Å²) in [4.78, 5) is 0. The van der Waals surface area contributed by atoms with E-state index in [0.717, 1.165) is 9.57 Å². The molecule has 1 aliphatic carbocycles. The van der Waals surface area contributed by atoms with Gasteiger partial charge < -0.3 is 5.32 Å². The zero-order valence-electron chi connectivity index (χ0n) is 5.80. The van der Waals surface area contributed by atoms with Crippen molar-refractivity contribution in [2.24, 2.45) is 0 Å². The van der Waals surface area contributed by atoms with E-state index in [1.54, 1.807) is 0 Å². The molecule has 1 aliphatic heterocycles. The van der Waals surface area contributed by atoms with Gasteiger partial charge >= 0.3 is 0 Å². The van der Waals surface area contributed by atoms with Crippen LogP contribution in [0.3, 0.4) is 0 Å². The molecule has 2 fully saturated rings. The molecule has 0 radical (unpaired) electrons. The Morgan fingerprint density at radius 1 is 1.40 bits per heavy atom. The third-order valence-corrected chi connectivity index (χ3v) is 3.87. The molecule has 2 rings (SSSR count). The average Bonchev–Trinajstić information content (AvgIpc) is 2.27. The largest absolute Gasteiger partial charge is 0.367 e. The van der Waals surface area contributed by atoms with Gasteiger partial charge in [0.1, 0.15) is 4.32 Å². The Hall–Kier alpha value is 0.240. The highest BCUT2D eigenvalue weighted by molar-refractivity contribution is 8.23. The molecule has 0 aromatic rings. The van der Waals surface area contributed by atoms with Gasteiger partial charge in [0.15, 0.2) is 0 Å². The zero-order chi connectivity index (χ0) is 6.97. The van der Waals surface area contributed by atoms with Crippen LogP contribution in [-0.4, -0.2) is 15.6 Å². The van der Waals surface area contributed by atoms with E-state index in [1.165, 1.54) is 25.7 Å². The van der Waals surface area contributed by atoms with Gasteiger partial charge in [-0.05, 0) is 12.8 Å². The summed E-state index contributed by atoms with van der Waals surface area (Å²) in [6.45, 7) is 0. The standard InChI is InChI=1S/C7H11NS2/c9-7-8-5-3-1-2-4-6(5)10-7/h5-6H,1-4H2,(H,8,9)/t5-,6+/m0/s1. The third-order valence-electron chi connectivity index (χ3n) is 2.26. The second-order valence-electron chi connectivity index (χ2n) is 2.98. The quantitative estimate of drug-likeness (QED) is 0.562. The van der Waals surface area contributed by atoms with Crippen LogP contribution in [0.2, 0.25) is 0 Å². The fourth-order valence-corrected chi connectivity index (χ4v) is 3.40. The first-order valence-electron chi connectivity index (χ1n) is 3.83. The number of thiocarbonyl (C=S) groups is 1. The minimum atomic E-state index is 0.714. The van der Waals surface area contributed by atoms with Crippen LogP contribution < -0.4 is 5.32 Å². The molecule has 1 N–H and O–H groups in total. The van der Waals surface area contributed by atoms with Gasteiger partial charge in [-0.3, -0.25) is 0 Å². The van der Waals surface area contributed by atoms with E-state index >= 15 is 0 Å². The topological polar surface area (TPSA) is 12.0 Å². The summed E-state index contributed by atoms with van der Waals surface area (Å²) in [6.07, 6.45) is 5.48. The molecule has 2 atom stereocenters.